The third kappa shape index (κ3) is 7.01. The molecule has 8 heteroatoms. The van der Waals surface area contributed by atoms with Crippen molar-refractivity contribution in [2.24, 2.45) is 5.73 Å². The van der Waals surface area contributed by atoms with Crippen molar-refractivity contribution in [1.82, 2.24) is 19.7 Å². The van der Waals surface area contributed by atoms with Gasteiger partial charge in [-0.05, 0) is 78.3 Å². The second-order valence-corrected chi connectivity index (χ2v) is 11.1. The van der Waals surface area contributed by atoms with Gasteiger partial charge in [0.1, 0.15) is 5.75 Å². The van der Waals surface area contributed by atoms with E-state index in [2.05, 4.69) is 50.0 Å². The standard InChI is InChI=1S/C32H37N5O3/c1-22(38)36(31(40)29(33)20-23-7-13-28(39)14-8-23)19-5-6-27-21-30(24-15-17-34-18-16-24)35-37(27)26-11-9-25(10-12-26)32(2,3)4/h7-18,21,29,39H,5-6,19-20,33H2,1-4H3. The van der Waals surface area contributed by atoms with Gasteiger partial charge >= 0.3 is 0 Å². The molecule has 0 aliphatic heterocycles. The van der Waals surface area contributed by atoms with E-state index in [-0.39, 0.29) is 30.0 Å². The Kier molecular flexibility index (Phi) is 8.80. The summed E-state index contributed by atoms with van der Waals surface area (Å²) in [5.74, 6) is -0.607. The number of rotatable bonds is 9. The Labute approximate surface area is 235 Å². The van der Waals surface area contributed by atoms with Crippen molar-refractivity contribution >= 4 is 11.8 Å². The summed E-state index contributed by atoms with van der Waals surface area (Å²) in [5, 5.41) is 14.4. The van der Waals surface area contributed by atoms with Gasteiger partial charge < -0.3 is 10.8 Å². The zero-order chi connectivity index (χ0) is 28.9. The summed E-state index contributed by atoms with van der Waals surface area (Å²) >= 11 is 0. The van der Waals surface area contributed by atoms with Gasteiger partial charge in [0.2, 0.25) is 11.8 Å². The maximum absolute atomic E-state index is 13.1. The molecule has 0 radical (unpaired) electrons. The molecule has 2 amide bonds. The van der Waals surface area contributed by atoms with E-state index >= 15 is 0 Å². The maximum Gasteiger partial charge on any atom is 0.246 e. The molecule has 2 heterocycles. The van der Waals surface area contributed by atoms with Gasteiger partial charge in [0.05, 0.1) is 17.4 Å². The fourth-order valence-electron chi connectivity index (χ4n) is 4.60. The molecule has 208 valence electrons. The van der Waals surface area contributed by atoms with Crippen LogP contribution in [0.5, 0.6) is 5.75 Å². The smallest absolute Gasteiger partial charge is 0.246 e. The van der Waals surface area contributed by atoms with E-state index < -0.39 is 11.9 Å². The summed E-state index contributed by atoms with van der Waals surface area (Å²) in [7, 11) is 0. The quantitative estimate of drug-likeness (QED) is 0.315. The van der Waals surface area contributed by atoms with E-state index in [0.29, 0.717) is 12.8 Å². The Morgan fingerprint density at radius 1 is 1.00 bits per heavy atom. The van der Waals surface area contributed by atoms with Crippen molar-refractivity contribution in [2.75, 3.05) is 6.54 Å². The van der Waals surface area contributed by atoms with Crippen LogP contribution in [-0.4, -0.2) is 49.2 Å². The molecule has 2 aromatic heterocycles. The van der Waals surface area contributed by atoms with Gasteiger partial charge in [-0.25, -0.2) is 4.68 Å². The third-order valence-electron chi connectivity index (χ3n) is 6.91. The van der Waals surface area contributed by atoms with Crippen LogP contribution < -0.4 is 5.73 Å². The molecule has 0 spiro atoms. The number of hydrogen-bond donors (Lipinski definition) is 2. The lowest BCUT2D eigenvalue weighted by molar-refractivity contribution is -0.144. The maximum atomic E-state index is 13.1. The number of aromatic hydroxyl groups is 1. The van der Waals surface area contributed by atoms with Crippen LogP contribution in [0.25, 0.3) is 16.9 Å². The molecule has 0 fully saturated rings. The van der Waals surface area contributed by atoms with Gasteiger partial charge in [0, 0.05) is 37.1 Å². The van der Waals surface area contributed by atoms with Gasteiger partial charge in [0.15, 0.2) is 0 Å². The number of amides is 2. The number of pyridine rings is 1. The number of aromatic nitrogens is 3. The fraction of sp³-hybridized carbons (Fsp3) is 0.312. The number of nitrogens with two attached hydrogens (primary N) is 1. The number of imide groups is 1. The van der Waals surface area contributed by atoms with E-state index in [4.69, 9.17) is 10.8 Å². The average molecular weight is 540 g/mol. The number of aryl methyl sites for hydroxylation is 1. The van der Waals surface area contributed by atoms with Gasteiger partial charge in [-0.3, -0.25) is 19.5 Å². The molecular weight excluding hydrogens is 502 g/mol. The molecule has 0 aliphatic rings. The van der Waals surface area contributed by atoms with Crippen molar-refractivity contribution in [3.05, 3.63) is 95.9 Å². The summed E-state index contributed by atoms with van der Waals surface area (Å²) in [6, 6.07) is 20.0. The monoisotopic (exact) mass is 539 g/mol. The first kappa shape index (κ1) is 28.7. The zero-order valence-corrected chi connectivity index (χ0v) is 23.5. The van der Waals surface area contributed by atoms with Crippen LogP contribution in [0.2, 0.25) is 0 Å². The average Bonchev–Trinajstić information content (AvgIpc) is 3.36. The van der Waals surface area contributed by atoms with Crippen LogP contribution in [0, 0.1) is 0 Å². The molecule has 0 saturated heterocycles. The summed E-state index contributed by atoms with van der Waals surface area (Å²) in [5.41, 5.74) is 12.0. The number of carbonyl (C=O) groups is 2. The zero-order valence-electron chi connectivity index (χ0n) is 23.5. The van der Waals surface area contributed by atoms with Crippen LogP contribution in [0.15, 0.2) is 79.1 Å². The normalized spacial score (nSPS) is 12.2. The highest BCUT2D eigenvalue weighted by molar-refractivity contribution is 5.96. The molecule has 40 heavy (non-hydrogen) atoms. The van der Waals surface area contributed by atoms with E-state index in [9.17, 15) is 14.7 Å². The highest BCUT2D eigenvalue weighted by atomic mass is 16.3. The number of hydrogen-bond acceptors (Lipinski definition) is 6. The van der Waals surface area contributed by atoms with Gasteiger partial charge in [-0.2, -0.15) is 5.10 Å². The van der Waals surface area contributed by atoms with Crippen LogP contribution >= 0.6 is 0 Å². The first-order chi connectivity index (χ1) is 19.0. The topological polar surface area (TPSA) is 114 Å². The lowest BCUT2D eigenvalue weighted by Gasteiger charge is -2.23. The molecule has 8 nitrogen and oxygen atoms in total. The second-order valence-electron chi connectivity index (χ2n) is 11.1. The lowest BCUT2D eigenvalue weighted by atomic mass is 9.87. The number of phenolic OH excluding ortho intramolecular Hbond substituents is 1. The van der Waals surface area contributed by atoms with Gasteiger partial charge in [0.25, 0.3) is 0 Å². The minimum absolute atomic E-state index is 0.0412. The minimum Gasteiger partial charge on any atom is -0.508 e. The summed E-state index contributed by atoms with van der Waals surface area (Å²) < 4.78 is 1.93. The Balaban J connectivity index is 1.51. The molecule has 3 N–H and O–H groups in total. The third-order valence-corrected chi connectivity index (χ3v) is 6.91. The summed E-state index contributed by atoms with van der Waals surface area (Å²) in [6.07, 6.45) is 4.91. The Morgan fingerprint density at radius 2 is 1.65 bits per heavy atom. The predicted octanol–water partition coefficient (Wildman–Crippen LogP) is 4.82. The highest BCUT2D eigenvalue weighted by Gasteiger charge is 2.24. The van der Waals surface area contributed by atoms with Crippen molar-refractivity contribution < 1.29 is 14.7 Å². The highest BCUT2D eigenvalue weighted by Crippen LogP contribution is 2.26. The van der Waals surface area contributed by atoms with E-state index in [1.807, 2.05) is 22.9 Å². The van der Waals surface area contributed by atoms with E-state index in [1.54, 1.807) is 36.7 Å². The van der Waals surface area contributed by atoms with Gasteiger partial charge in [-0.15, -0.1) is 0 Å². The molecule has 0 bridgehead atoms. The molecule has 1 atom stereocenters. The molecule has 4 rings (SSSR count). The molecule has 2 aromatic carbocycles. The number of benzene rings is 2. The van der Waals surface area contributed by atoms with Crippen molar-refractivity contribution in [3.8, 4) is 22.7 Å². The van der Waals surface area contributed by atoms with Crippen LogP contribution in [0.3, 0.4) is 0 Å². The fourth-order valence-corrected chi connectivity index (χ4v) is 4.60. The first-order valence-corrected chi connectivity index (χ1v) is 13.5. The van der Waals surface area contributed by atoms with Crippen molar-refractivity contribution in [3.63, 3.8) is 0 Å². The number of phenols is 1. The van der Waals surface area contributed by atoms with Gasteiger partial charge in [-0.1, -0.05) is 45.0 Å². The molecule has 0 aliphatic carbocycles. The predicted molar refractivity (Wildman–Crippen MR) is 156 cm³/mol. The van der Waals surface area contributed by atoms with Crippen LogP contribution in [-0.2, 0) is 27.8 Å². The second kappa shape index (κ2) is 12.3. The minimum atomic E-state index is -0.862. The molecular formula is C32H37N5O3. The van der Waals surface area contributed by atoms with E-state index in [1.165, 1.54) is 17.4 Å². The van der Waals surface area contributed by atoms with Crippen molar-refractivity contribution in [2.45, 2.75) is 58.4 Å². The molecule has 4 aromatic rings. The van der Waals surface area contributed by atoms with Crippen LogP contribution in [0.4, 0.5) is 0 Å². The first-order valence-electron chi connectivity index (χ1n) is 13.5. The number of nitrogens with zero attached hydrogens (tertiary/aromatic N) is 4. The molecule has 0 saturated carbocycles. The Bertz CT molecular complexity index is 1440. The van der Waals surface area contributed by atoms with E-state index in [0.717, 1.165) is 28.2 Å². The van der Waals surface area contributed by atoms with Crippen LogP contribution in [0.1, 0.15) is 50.9 Å². The molecule has 1 unspecified atom stereocenters. The Hall–Kier alpha value is -4.30. The lowest BCUT2D eigenvalue weighted by Crippen LogP contribution is -2.47. The Morgan fingerprint density at radius 3 is 2.25 bits per heavy atom. The van der Waals surface area contributed by atoms with Crippen molar-refractivity contribution in [1.29, 1.82) is 0 Å². The largest absolute Gasteiger partial charge is 0.508 e. The number of carbonyl (C=O) groups excluding carboxylic acids is 2. The SMILES string of the molecule is CC(=O)N(CCCc1cc(-c2ccncc2)nn1-c1ccc(C(C)(C)C)cc1)C(=O)C(N)Cc1ccc(O)cc1. The summed E-state index contributed by atoms with van der Waals surface area (Å²) in [4.78, 5) is 30.9. The summed E-state index contributed by atoms with van der Waals surface area (Å²) in [6.45, 7) is 8.18.